The summed E-state index contributed by atoms with van der Waals surface area (Å²) in [7, 11) is 0. The lowest BCUT2D eigenvalue weighted by molar-refractivity contribution is -0.116. The quantitative estimate of drug-likeness (QED) is 0.282. The predicted octanol–water partition coefficient (Wildman–Crippen LogP) is 5.50. The molecular formula is C27H21FN8O. The van der Waals surface area contributed by atoms with Crippen LogP contribution in [0.1, 0.15) is 19.8 Å². The highest BCUT2D eigenvalue weighted by Gasteiger charge is 2.21. The topological polar surface area (TPSA) is 125 Å². The molecule has 37 heavy (non-hydrogen) atoms. The minimum Gasteiger partial charge on any atom is -0.337 e. The fraction of sp³-hybridized carbons (Fsp3) is 0.111. The van der Waals surface area contributed by atoms with Crippen LogP contribution in [0.25, 0.3) is 55.8 Å². The molecule has 0 radical (unpaired) electrons. The number of pyridine rings is 3. The van der Waals surface area contributed by atoms with Gasteiger partial charge < -0.3 is 10.3 Å². The molecule has 1 aromatic carbocycles. The summed E-state index contributed by atoms with van der Waals surface area (Å²) in [6, 6.07) is 11.3. The van der Waals surface area contributed by atoms with Crippen LogP contribution in [0.3, 0.4) is 0 Å². The van der Waals surface area contributed by atoms with Gasteiger partial charge in [0.15, 0.2) is 11.6 Å². The fourth-order valence-corrected chi connectivity index (χ4v) is 4.34. The van der Waals surface area contributed by atoms with E-state index in [-0.39, 0.29) is 17.0 Å². The van der Waals surface area contributed by atoms with Crippen molar-refractivity contribution in [1.82, 2.24) is 35.1 Å². The molecule has 6 aromatic rings. The zero-order valence-corrected chi connectivity index (χ0v) is 19.8. The van der Waals surface area contributed by atoms with Crippen LogP contribution in [-0.2, 0) is 4.79 Å². The highest BCUT2D eigenvalue weighted by molar-refractivity contribution is 5.98. The number of para-hydroxylation sites is 1. The summed E-state index contributed by atoms with van der Waals surface area (Å²) >= 11 is 0. The maximum Gasteiger partial charge on any atom is 0.224 e. The van der Waals surface area contributed by atoms with Gasteiger partial charge in [-0.3, -0.25) is 24.8 Å². The molecule has 0 aliphatic carbocycles. The number of nitrogens with zero attached hydrogens (tertiary/aromatic N) is 5. The molecule has 1 amide bonds. The molecule has 0 atom stereocenters. The van der Waals surface area contributed by atoms with Gasteiger partial charge in [-0.25, -0.2) is 9.37 Å². The summed E-state index contributed by atoms with van der Waals surface area (Å²) in [5, 5.41) is 10.3. The number of H-pyrrole nitrogens is 2. The van der Waals surface area contributed by atoms with E-state index in [1.165, 1.54) is 18.6 Å². The van der Waals surface area contributed by atoms with E-state index in [9.17, 15) is 4.79 Å². The van der Waals surface area contributed by atoms with Gasteiger partial charge in [0.1, 0.15) is 11.4 Å². The second-order valence-corrected chi connectivity index (χ2v) is 8.57. The largest absolute Gasteiger partial charge is 0.337 e. The molecule has 10 heteroatoms. The van der Waals surface area contributed by atoms with Crippen LogP contribution in [0.2, 0.25) is 0 Å². The first-order valence-corrected chi connectivity index (χ1v) is 11.8. The van der Waals surface area contributed by atoms with Crippen molar-refractivity contribution in [2.45, 2.75) is 19.8 Å². The minimum absolute atomic E-state index is 0.0998. The average Bonchev–Trinajstić information content (AvgIpc) is 3.54. The number of imidazole rings is 1. The Labute approximate surface area is 210 Å². The number of nitrogens with one attached hydrogen (secondary N) is 3. The fourth-order valence-electron chi connectivity index (χ4n) is 4.34. The zero-order valence-electron chi connectivity index (χ0n) is 19.8. The van der Waals surface area contributed by atoms with Crippen LogP contribution in [0, 0.1) is 5.82 Å². The van der Waals surface area contributed by atoms with Gasteiger partial charge in [0.05, 0.1) is 40.0 Å². The third-order valence-corrected chi connectivity index (χ3v) is 6.05. The minimum atomic E-state index is -0.560. The number of rotatable bonds is 6. The van der Waals surface area contributed by atoms with Crippen molar-refractivity contribution >= 4 is 33.5 Å². The highest BCUT2D eigenvalue weighted by Crippen LogP contribution is 2.34. The molecule has 6 rings (SSSR count). The lowest BCUT2D eigenvalue weighted by Gasteiger charge is -2.07. The number of hydrogen-bond donors (Lipinski definition) is 3. The summed E-state index contributed by atoms with van der Waals surface area (Å²) in [4.78, 5) is 32.6. The van der Waals surface area contributed by atoms with Crippen LogP contribution in [-0.4, -0.2) is 41.0 Å². The molecule has 9 nitrogen and oxygen atoms in total. The van der Waals surface area contributed by atoms with Gasteiger partial charge >= 0.3 is 0 Å². The Morgan fingerprint density at radius 1 is 1.00 bits per heavy atom. The summed E-state index contributed by atoms with van der Waals surface area (Å²) < 4.78 is 16.0. The molecule has 5 aromatic heterocycles. The van der Waals surface area contributed by atoms with E-state index in [0.29, 0.717) is 34.7 Å². The second-order valence-electron chi connectivity index (χ2n) is 8.57. The molecule has 5 heterocycles. The number of hydrogen-bond acceptors (Lipinski definition) is 6. The van der Waals surface area contributed by atoms with E-state index in [1.807, 2.05) is 37.3 Å². The van der Waals surface area contributed by atoms with Gasteiger partial charge in [-0.05, 0) is 36.2 Å². The van der Waals surface area contributed by atoms with Gasteiger partial charge in [-0.15, -0.1) is 0 Å². The van der Waals surface area contributed by atoms with Crippen molar-refractivity contribution in [1.29, 1.82) is 0 Å². The SMILES string of the molecule is CCCC(=O)Nc1cncc(-c2ncc3[nH]nc(-c4nc5c(-c6ccncc6)cccc5[nH]4)c3c2F)c1. The molecule has 0 unspecified atom stereocenters. The molecule has 0 aliphatic heterocycles. The van der Waals surface area contributed by atoms with E-state index < -0.39 is 5.82 Å². The molecule has 0 saturated carbocycles. The number of aromatic nitrogens is 7. The molecule has 182 valence electrons. The van der Waals surface area contributed by atoms with Crippen molar-refractivity contribution in [3.63, 3.8) is 0 Å². The van der Waals surface area contributed by atoms with Gasteiger partial charge in [-0.2, -0.15) is 5.10 Å². The van der Waals surface area contributed by atoms with Gasteiger partial charge in [-0.1, -0.05) is 19.1 Å². The van der Waals surface area contributed by atoms with E-state index >= 15 is 4.39 Å². The van der Waals surface area contributed by atoms with Crippen LogP contribution in [0.15, 0.2) is 67.4 Å². The lowest BCUT2D eigenvalue weighted by Crippen LogP contribution is -2.10. The van der Waals surface area contributed by atoms with E-state index in [4.69, 9.17) is 4.98 Å². The number of anilines is 1. The molecule has 0 bridgehead atoms. The summed E-state index contributed by atoms with van der Waals surface area (Å²) in [5.41, 5.74) is 5.24. The number of halogens is 1. The average molecular weight is 493 g/mol. The Hall–Kier alpha value is -4.99. The predicted molar refractivity (Wildman–Crippen MR) is 139 cm³/mol. The first kappa shape index (κ1) is 22.5. The third-order valence-electron chi connectivity index (χ3n) is 6.05. The molecule has 3 N–H and O–H groups in total. The van der Waals surface area contributed by atoms with E-state index in [0.717, 1.165) is 28.6 Å². The molecule has 0 fully saturated rings. The Morgan fingerprint density at radius 3 is 2.70 bits per heavy atom. The maximum absolute atomic E-state index is 16.0. The number of carbonyl (C=O) groups is 1. The number of aromatic amines is 2. The summed E-state index contributed by atoms with van der Waals surface area (Å²) in [6.07, 6.45) is 9.12. The molecular weight excluding hydrogens is 471 g/mol. The number of amides is 1. The molecule has 0 aliphatic rings. The Bertz CT molecular complexity index is 1760. The third kappa shape index (κ3) is 4.08. The number of benzene rings is 1. The Balaban J connectivity index is 1.44. The highest BCUT2D eigenvalue weighted by atomic mass is 19.1. The standard InChI is InChI=1S/C27H21FN8O/c1-2-4-21(37)32-17-11-16(12-30-13-17)24-23(28)22-20(14-31-24)35-36-26(22)27-33-19-6-3-5-18(25(19)34-27)15-7-9-29-10-8-15/h3,5-14H,2,4H2,1H3,(H,32,37)(H,33,34)(H,35,36). The van der Waals surface area contributed by atoms with Crippen LogP contribution in [0.5, 0.6) is 0 Å². The van der Waals surface area contributed by atoms with Crippen molar-refractivity contribution in [3.05, 3.63) is 73.2 Å². The first-order valence-electron chi connectivity index (χ1n) is 11.8. The van der Waals surface area contributed by atoms with Gasteiger partial charge in [0.25, 0.3) is 0 Å². The molecule has 0 spiro atoms. The van der Waals surface area contributed by atoms with E-state index in [2.05, 4.69) is 35.5 Å². The monoisotopic (exact) mass is 492 g/mol. The van der Waals surface area contributed by atoms with Crippen molar-refractivity contribution in [2.24, 2.45) is 0 Å². The smallest absolute Gasteiger partial charge is 0.224 e. The number of fused-ring (bicyclic) bond motifs is 2. The van der Waals surface area contributed by atoms with Crippen molar-refractivity contribution < 1.29 is 9.18 Å². The maximum atomic E-state index is 16.0. The summed E-state index contributed by atoms with van der Waals surface area (Å²) in [6.45, 7) is 1.92. The zero-order chi connectivity index (χ0) is 25.4. The second kappa shape index (κ2) is 9.23. The van der Waals surface area contributed by atoms with Crippen molar-refractivity contribution in [2.75, 3.05) is 5.32 Å². The van der Waals surface area contributed by atoms with Gasteiger partial charge in [0, 0.05) is 36.1 Å². The Kier molecular flexibility index (Phi) is 5.61. The molecule has 0 saturated heterocycles. The summed E-state index contributed by atoms with van der Waals surface area (Å²) in [5.74, 6) is -0.258. The van der Waals surface area contributed by atoms with E-state index in [1.54, 1.807) is 18.5 Å². The lowest BCUT2D eigenvalue weighted by atomic mass is 10.1. The first-order chi connectivity index (χ1) is 18.1. The number of carbonyl (C=O) groups excluding carboxylic acids is 1. The van der Waals surface area contributed by atoms with Crippen LogP contribution in [0.4, 0.5) is 10.1 Å². The normalized spacial score (nSPS) is 11.3. The van der Waals surface area contributed by atoms with Gasteiger partial charge in [0.2, 0.25) is 5.91 Å². The van der Waals surface area contributed by atoms with Crippen LogP contribution >= 0.6 is 0 Å². The Morgan fingerprint density at radius 2 is 1.86 bits per heavy atom. The van der Waals surface area contributed by atoms with Crippen molar-refractivity contribution in [3.8, 4) is 33.9 Å². The van der Waals surface area contributed by atoms with Crippen LogP contribution < -0.4 is 5.32 Å².